The highest BCUT2D eigenvalue weighted by Gasteiger charge is 2.46. The van der Waals surface area contributed by atoms with Crippen LogP contribution < -0.4 is 5.32 Å². The molecule has 1 unspecified atom stereocenters. The van der Waals surface area contributed by atoms with Gasteiger partial charge in [-0.25, -0.2) is 9.07 Å². The number of aliphatic hydroxyl groups is 3. The van der Waals surface area contributed by atoms with E-state index >= 15 is 0 Å². The Hall–Kier alpha value is -1.89. The molecule has 0 spiro atoms. The lowest BCUT2D eigenvalue weighted by Gasteiger charge is -2.42. The van der Waals surface area contributed by atoms with Gasteiger partial charge >= 0.3 is 0 Å². The van der Waals surface area contributed by atoms with Crippen LogP contribution in [0.2, 0.25) is 5.02 Å². The highest BCUT2D eigenvalue weighted by molar-refractivity contribution is 7.71. The Morgan fingerprint density at radius 2 is 2.09 bits per heavy atom. The predicted octanol–water partition coefficient (Wildman–Crippen LogP) is 1.96. The number of hydrogen-bond donors (Lipinski definition) is 4. The summed E-state index contributed by atoms with van der Waals surface area (Å²) in [7, 11) is 0. The van der Waals surface area contributed by atoms with Crippen molar-refractivity contribution in [3.63, 3.8) is 0 Å². The van der Waals surface area contributed by atoms with Crippen LogP contribution in [0, 0.1) is 10.6 Å². The van der Waals surface area contributed by atoms with Gasteiger partial charge in [-0.3, -0.25) is 9.36 Å². The average Bonchev–Trinajstić information content (AvgIpc) is 3.09. The van der Waals surface area contributed by atoms with E-state index in [4.69, 9.17) is 28.6 Å². The molecule has 176 valence electrons. The third kappa shape index (κ3) is 4.59. The first kappa shape index (κ1) is 24.7. The predicted molar refractivity (Wildman–Crippen MR) is 117 cm³/mol. The number of halogens is 2. The van der Waals surface area contributed by atoms with Crippen LogP contribution in [0.15, 0.2) is 18.2 Å². The average molecular weight is 489 g/mol. The molecule has 1 fully saturated rings. The second-order valence-corrected chi connectivity index (χ2v) is 8.53. The molecule has 1 amide bonds. The number of hydrogen-bond acceptors (Lipinski definition) is 7. The fourth-order valence-electron chi connectivity index (χ4n) is 3.67. The van der Waals surface area contributed by atoms with E-state index in [-0.39, 0.29) is 15.8 Å². The monoisotopic (exact) mass is 488 g/mol. The Morgan fingerprint density at radius 1 is 1.41 bits per heavy atom. The highest BCUT2D eigenvalue weighted by Crippen LogP contribution is 2.32. The summed E-state index contributed by atoms with van der Waals surface area (Å²) in [6, 6.07) is 2.96. The van der Waals surface area contributed by atoms with Gasteiger partial charge in [0.05, 0.1) is 11.6 Å². The van der Waals surface area contributed by atoms with E-state index in [0.29, 0.717) is 17.8 Å². The molecule has 2 heterocycles. The van der Waals surface area contributed by atoms with E-state index < -0.39 is 48.9 Å². The molecule has 9 nitrogen and oxygen atoms in total. The maximum Gasteiger partial charge on any atom is 0.217 e. The van der Waals surface area contributed by atoms with Gasteiger partial charge in [0.1, 0.15) is 30.2 Å². The summed E-state index contributed by atoms with van der Waals surface area (Å²) in [6.45, 7) is 4.58. The first-order chi connectivity index (χ1) is 15.1. The van der Waals surface area contributed by atoms with Crippen molar-refractivity contribution in [2.45, 2.75) is 63.8 Å². The van der Waals surface area contributed by atoms with Gasteiger partial charge in [0.2, 0.25) is 10.7 Å². The van der Waals surface area contributed by atoms with E-state index in [1.165, 1.54) is 29.8 Å². The Kier molecular flexibility index (Phi) is 7.69. The van der Waals surface area contributed by atoms with Gasteiger partial charge in [-0.15, -0.1) is 5.10 Å². The van der Waals surface area contributed by atoms with E-state index in [1.54, 1.807) is 4.57 Å². The van der Waals surface area contributed by atoms with Gasteiger partial charge in [0.25, 0.3) is 0 Å². The van der Waals surface area contributed by atoms with Crippen molar-refractivity contribution in [1.29, 1.82) is 0 Å². The van der Waals surface area contributed by atoms with Gasteiger partial charge < -0.3 is 25.4 Å². The quantitative estimate of drug-likeness (QED) is 0.458. The first-order valence-corrected chi connectivity index (χ1v) is 10.9. The number of amides is 1. The minimum atomic E-state index is -1.45. The van der Waals surface area contributed by atoms with Gasteiger partial charge in [0.15, 0.2) is 12.1 Å². The number of aliphatic hydroxyl groups excluding tert-OH is 3. The standard InChI is InChI=1S/C20H26ClFN4O5S/c1-4-9(2)25-18(11-5-6-13(22)12(21)7-11)24-26(20(25)32)19-15(23-10(3)28)17(30)16(29)14(8-27)31-19/h5-7,9,14-17,19,27,29-30H,4,8H2,1-3H3,(H,23,28)/t9?,14-,15-,16-,17-,19-/m1/s1. The topological polar surface area (TPSA) is 122 Å². The van der Waals surface area contributed by atoms with E-state index in [2.05, 4.69) is 10.4 Å². The van der Waals surface area contributed by atoms with E-state index in [1.807, 2.05) is 13.8 Å². The minimum absolute atomic E-state index is 0.0809. The normalized spacial score (nSPS) is 26.7. The van der Waals surface area contributed by atoms with Crippen molar-refractivity contribution >= 4 is 29.7 Å². The molecule has 4 N–H and O–H groups in total. The Balaban J connectivity index is 2.18. The summed E-state index contributed by atoms with van der Waals surface area (Å²) >= 11 is 11.6. The summed E-state index contributed by atoms with van der Waals surface area (Å²) in [5, 5.41) is 37.6. The largest absolute Gasteiger partial charge is 0.394 e. The smallest absolute Gasteiger partial charge is 0.217 e. The summed E-state index contributed by atoms with van der Waals surface area (Å²) < 4.78 is 22.8. The summed E-state index contributed by atoms with van der Waals surface area (Å²) in [4.78, 5) is 11.8. The third-order valence-corrected chi connectivity index (χ3v) is 6.23. The molecule has 1 aromatic heterocycles. The minimum Gasteiger partial charge on any atom is -0.394 e. The molecule has 32 heavy (non-hydrogen) atoms. The van der Waals surface area contributed by atoms with Gasteiger partial charge in [0, 0.05) is 18.5 Å². The molecular weight excluding hydrogens is 463 g/mol. The number of benzene rings is 1. The SMILES string of the molecule is CCC(C)n1c(-c2ccc(F)c(Cl)c2)nn([C@@H]2O[C@H](CO)[C@@H](O)[C@H](O)[C@H]2NC(C)=O)c1=S. The maximum absolute atomic E-state index is 13.7. The number of carbonyl (C=O) groups excluding carboxylic acids is 1. The molecule has 0 radical (unpaired) electrons. The van der Waals surface area contributed by atoms with Crippen LogP contribution in [0.25, 0.3) is 11.4 Å². The Bertz CT molecular complexity index is 1050. The summed E-state index contributed by atoms with van der Waals surface area (Å²) in [5.74, 6) is -0.652. The number of carbonyl (C=O) groups is 1. The van der Waals surface area contributed by atoms with Crippen LogP contribution in [0.4, 0.5) is 4.39 Å². The van der Waals surface area contributed by atoms with Crippen LogP contribution in [0.1, 0.15) is 39.5 Å². The zero-order valence-corrected chi connectivity index (χ0v) is 19.3. The van der Waals surface area contributed by atoms with Gasteiger partial charge in [-0.2, -0.15) is 0 Å². The summed E-state index contributed by atoms with van der Waals surface area (Å²) in [6.07, 6.45) is -4.44. The molecule has 6 atom stereocenters. The van der Waals surface area contributed by atoms with Gasteiger partial charge in [-0.05, 0) is 43.8 Å². The molecule has 1 aliphatic heterocycles. The first-order valence-electron chi connectivity index (χ1n) is 10.2. The molecule has 3 rings (SSSR count). The molecule has 1 saturated heterocycles. The van der Waals surface area contributed by atoms with Crippen molar-refractivity contribution in [3.05, 3.63) is 33.8 Å². The zero-order chi connectivity index (χ0) is 23.7. The molecule has 0 bridgehead atoms. The van der Waals surface area contributed by atoms with Crippen molar-refractivity contribution in [2.24, 2.45) is 0 Å². The van der Waals surface area contributed by atoms with Crippen molar-refractivity contribution in [2.75, 3.05) is 6.61 Å². The fraction of sp³-hybridized carbons (Fsp3) is 0.550. The third-order valence-electron chi connectivity index (χ3n) is 5.55. The molecule has 1 aromatic carbocycles. The van der Waals surface area contributed by atoms with E-state index in [0.717, 1.165) is 0 Å². The van der Waals surface area contributed by atoms with Crippen LogP contribution in [-0.4, -0.2) is 66.5 Å². The number of ether oxygens (including phenoxy) is 1. The van der Waals surface area contributed by atoms with Crippen molar-refractivity contribution < 1.29 is 29.2 Å². The Morgan fingerprint density at radius 3 is 2.66 bits per heavy atom. The summed E-state index contributed by atoms with van der Waals surface area (Å²) in [5.41, 5.74) is 0.507. The molecule has 1 aliphatic rings. The lowest BCUT2D eigenvalue weighted by molar-refractivity contribution is -0.219. The second kappa shape index (κ2) is 9.94. The van der Waals surface area contributed by atoms with Crippen LogP contribution in [-0.2, 0) is 9.53 Å². The van der Waals surface area contributed by atoms with Crippen LogP contribution >= 0.6 is 23.8 Å². The van der Waals surface area contributed by atoms with Crippen molar-refractivity contribution in [3.8, 4) is 11.4 Å². The second-order valence-electron chi connectivity index (χ2n) is 7.76. The zero-order valence-electron chi connectivity index (χ0n) is 17.8. The Labute approximate surface area is 194 Å². The number of nitrogens with zero attached hydrogens (tertiary/aromatic N) is 3. The molecule has 0 aliphatic carbocycles. The number of rotatable bonds is 6. The highest BCUT2D eigenvalue weighted by atomic mass is 35.5. The van der Waals surface area contributed by atoms with E-state index in [9.17, 15) is 24.5 Å². The molecule has 12 heteroatoms. The van der Waals surface area contributed by atoms with Crippen molar-refractivity contribution in [1.82, 2.24) is 19.7 Å². The molecule has 0 saturated carbocycles. The van der Waals surface area contributed by atoms with Crippen LogP contribution in [0.3, 0.4) is 0 Å². The lowest BCUT2D eigenvalue weighted by Crippen LogP contribution is -2.62. The molecule has 2 aromatic rings. The number of nitrogens with one attached hydrogen (secondary N) is 1. The maximum atomic E-state index is 13.7. The number of aromatic nitrogens is 3. The fourth-order valence-corrected chi connectivity index (χ4v) is 4.26. The molecular formula is C20H26ClFN4O5S. The van der Waals surface area contributed by atoms with Gasteiger partial charge in [-0.1, -0.05) is 18.5 Å². The lowest BCUT2D eigenvalue weighted by atomic mass is 9.96. The van der Waals surface area contributed by atoms with Crippen LogP contribution in [0.5, 0.6) is 0 Å².